The van der Waals surface area contributed by atoms with E-state index in [1.165, 1.54) is 6.08 Å². The van der Waals surface area contributed by atoms with Crippen LogP contribution in [0.15, 0.2) is 54.1 Å². The molecule has 2 rings (SSSR count). The van der Waals surface area contributed by atoms with Crippen LogP contribution in [0, 0.1) is 5.92 Å². The average molecular weight is 251 g/mol. The number of benzene rings is 1. The number of carbonyl (C=O) groups excluding carboxylic acids is 1. The third-order valence-electron chi connectivity index (χ3n) is 2.75. The van der Waals surface area contributed by atoms with Crippen molar-refractivity contribution in [1.82, 2.24) is 0 Å². The normalized spacial score (nSPS) is 27.7. The van der Waals surface area contributed by atoms with Gasteiger partial charge in [-0.2, -0.15) is 0 Å². The van der Waals surface area contributed by atoms with Gasteiger partial charge in [0.25, 0.3) is 0 Å². The van der Waals surface area contributed by atoms with Crippen LogP contribution in [0.2, 0.25) is 0 Å². The van der Waals surface area contributed by atoms with Crippen molar-refractivity contribution in [3.63, 3.8) is 0 Å². The van der Waals surface area contributed by atoms with Gasteiger partial charge in [0.15, 0.2) is 5.78 Å². The summed E-state index contributed by atoms with van der Waals surface area (Å²) in [5.74, 6) is -1.26. The SMILES string of the molecule is CC1=CC(C(=O)c2ccccc2)C(F)(Cl)C=C1. The van der Waals surface area contributed by atoms with E-state index in [9.17, 15) is 9.18 Å². The summed E-state index contributed by atoms with van der Waals surface area (Å²) in [6.45, 7) is 1.81. The lowest BCUT2D eigenvalue weighted by Crippen LogP contribution is -2.32. The van der Waals surface area contributed by atoms with Gasteiger partial charge in [0.05, 0.1) is 5.92 Å². The quantitative estimate of drug-likeness (QED) is 0.575. The van der Waals surface area contributed by atoms with Crippen molar-refractivity contribution in [3.05, 3.63) is 59.7 Å². The fourth-order valence-corrected chi connectivity index (χ4v) is 2.03. The van der Waals surface area contributed by atoms with Gasteiger partial charge in [-0.05, 0) is 13.0 Å². The molecule has 0 N–H and O–H groups in total. The van der Waals surface area contributed by atoms with E-state index in [4.69, 9.17) is 11.6 Å². The topological polar surface area (TPSA) is 17.1 Å². The number of rotatable bonds is 2. The maximum atomic E-state index is 14.1. The van der Waals surface area contributed by atoms with Crippen LogP contribution in [0.3, 0.4) is 0 Å². The molecule has 0 heterocycles. The summed E-state index contributed by atoms with van der Waals surface area (Å²) < 4.78 is 14.1. The molecule has 1 aromatic carbocycles. The van der Waals surface area contributed by atoms with E-state index in [-0.39, 0.29) is 5.78 Å². The van der Waals surface area contributed by atoms with Gasteiger partial charge in [0.1, 0.15) is 0 Å². The van der Waals surface area contributed by atoms with Crippen molar-refractivity contribution in [3.8, 4) is 0 Å². The molecule has 2 unspecified atom stereocenters. The first-order valence-electron chi connectivity index (χ1n) is 5.35. The molecule has 3 heteroatoms. The lowest BCUT2D eigenvalue weighted by molar-refractivity contribution is 0.0882. The number of allylic oxidation sites excluding steroid dienone is 4. The minimum Gasteiger partial charge on any atom is -0.293 e. The molecule has 0 fully saturated rings. The highest BCUT2D eigenvalue weighted by molar-refractivity contribution is 6.27. The Labute approximate surface area is 105 Å². The number of alkyl halides is 2. The van der Waals surface area contributed by atoms with Gasteiger partial charge in [-0.25, -0.2) is 4.39 Å². The van der Waals surface area contributed by atoms with E-state index in [0.717, 1.165) is 5.57 Å². The first-order chi connectivity index (χ1) is 8.00. The van der Waals surface area contributed by atoms with E-state index in [1.807, 2.05) is 13.0 Å². The minimum atomic E-state index is -2.13. The zero-order chi connectivity index (χ0) is 12.5. The summed E-state index contributed by atoms with van der Waals surface area (Å²) in [6, 6.07) is 8.63. The van der Waals surface area contributed by atoms with Gasteiger partial charge in [0.2, 0.25) is 5.13 Å². The fourth-order valence-electron chi connectivity index (χ4n) is 1.81. The third-order valence-corrected chi connectivity index (χ3v) is 3.11. The summed E-state index contributed by atoms with van der Waals surface area (Å²) in [6.07, 6.45) is 4.39. The van der Waals surface area contributed by atoms with Crippen molar-refractivity contribution < 1.29 is 9.18 Å². The number of ketones is 1. The van der Waals surface area contributed by atoms with E-state index in [1.54, 1.807) is 36.4 Å². The first-order valence-corrected chi connectivity index (χ1v) is 5.73. The molecule has 0 spiro atoms. The second-order valence-corrected chi connectivity index (χ2v) is 4.71. The van der Waals surface area contributed by atoms with E-state index in [2.05, 4.69) is 0 Å². The maximum Gasteiger partial charge on any atom is 0.215 e. The summed E-state index contributed by atoms with van der Waals surface area (Å²) in [4.78, 5) is 12.2. The molecule has 0 saturated carbocycles. The van der Waals surface area contributed by atoms with Crippen LogP contribution in [0.4, 0.5) is 4.39 Å². The Balaban J connectivity index is 2.34. The Morgan fingerprint density at radius 2 is 2.00 bits per heavy atom. The van der Waals surface area contributed by atoms with Crippen LogP contribution in [0.5, 0.6) is 0 Å². The molecular weight excluding hydrogens is 239 g/mol. The van der Waals surface area contributed by atoms with E-state index < -0.39 is 11.0 Å². The Hall–Kier alpha value is -1.41. The Morgan fingerprint density at radius 3 is 2.65 bits per heavy atom. The monoisotopic (exact) mass is 250 g/mol. The number of hydrogen-bond donors (Lipinski definition) is 0. The van der Waals surface area contributed by atoms with Gasteiger partial charge < -0.3 is 0 Å². The molecule has 1 aliphatic carbocycles. The molecule has 0 aromatic heterocycles. The number of carbonyl (C=O) groups is 1. The lowest BCUT2D eigenvalue weighted by Gasteiger charge is -2.25. The molecule has 0 bridgehead atoms. The van der Waals surface area contributed by atoms with Crippen LogP contribution in [-0.4, -0.2) is 10.9 Å². The second kappa shape index (κ2) is 4.46. The number of halogens is 2. The highest BCUT2D eigenvalue weighted by atomic mass is 35.5. The average Bonchev–Trinajstić information content (AvgIpc) is 2.33. The van der Waals surface area contributed by atoms with Gasteiger partial charge in [-0.1, -0.05) is 59.7 Å². The van der Waals surface area contributed by atoms with Gasteiger partial charge in [-0.15, -0.1) is 0 Å². The standard InChI is InChI=1S/C14H12ClFO/c1-10-7-8-14(15,16)12(9-10)13(17)11-5-3-2-4-6-11/h2-9,12H,1H3. The molecular formula is C14H12ClFO. The predicted molar refractivity (Wildman–Crippen MR) is 66.9 cm³/mol. The highest BCUT2D eigenvalue weighted by Crippen LogP contribution is 2.36. The molecule has 1 aromatic rings. The van der Waals surface area contributed by atoms with Crippen LogP contribution < -0.4 is 0 Å². The first kappa shape index (κ1) is 12.1. The Bertz CT molecular complexity index is 488. The van der Waals surface area contributed by atoms with Crippen molar-refractivity contribution in [2.24, 2.45) is 5.92 Å². The molecule has 0 saturated heterocycles. The Morgan fingerprint density at radius 1 is 1.35 bits per heavy atom. The van der Waals surface area contributed by atoms with Gasteiger partial charge in [0, 0.05) is 5.56 Å². The van der Waals surface area contributed by atoms with Crippen LogP contribution in [0.1, 0.15) is 17.3 Å². The Kier molecular flexibility index (Phi) is 3.16. The predicted octanol–water partition coefficient (Wildman–Crippen LogP) is 3.91. The second-order valence-electron chi connectivity index (χ2n) is 4.13. The summed E-state index contributed by atoms with van der Waals surface area (Å²) in [5, 5.41) is -2.13. The summed E-state index contributed by atoms with van der Waals surface area (Å²) in [5.41, 5.74) is 1.31. The minimum absolute atomic E-state index is 0.299. The molecule has 1 aliphatic rings. The lowest BCUT2D eigenvalue weighted by atomic mass is 9.87. The van der Waals surface area contributed by atoms with Crippen molar-refractivity contribution in [2.75, 3.05) is 0 Å². The smallest absolute Gasteiger partial charge is 0.215 e. The van der Waals surface area contributed by atoms with Gasteiger partial charge in [-0.3, -0.25) is 4.79 Å². The highest BCUT2D eigenvalue weighted by Gasteiger charge is 2.40. The number of hydrogen-bond acceptors (Lipinski definition) is 1. The van der Waals surface area contributed by atoms with Crippen molar-refractivity contribution >= 4 is 17.4 Å². The molecule has 2 atom stereocenters. The van der Waals surface area contributed by atoms with Crippen LogP contribution in [0.25, 0.3) is 0 Å². The van der Waals surface area contributed by atoms with Crippen LogP contribution >= 0.6 is 11.6 Å². The molecule has 17 heavy (non-hydrogen) atoms. The fraction of sp³-hybridized carbons (Fsp3) is 0.214. The summed E-state index contributed by atoms with van der Waals surface area (Å²) >= 11 is 5.73. The summed E-state index contributed by atoms with van der Waals surface area (Å²) in [7, 11) is 0. The molecule has 88 valence electrons. The number of Topliss-reactive ketones (excluding diaryl/α,β-unsaturated/α-hetero) is 1. The molecule has 0 radical (unpaired) electrons. The van der Waals surface area contributed by atoms with Crippen LogP contribution in [-0.2, 0) is 0 Å². The molecule has 1 nitrogen and oxygen atoms in total. The third kappa shape index (κ3) is 2.47. The zero-order valence-corrected chi connectivity index (χ0v) is 10.1. The van der Waals surface area contributed by atoms with Gasteiger partial charge >= 0.3 is 0 Å². The molecule has 0 aliphatic heterocycles. The largest absolute Gasteiger partial charge is 0.293 e. The van der Waals surface area contributed by atoms with E-state index in [0.29, 0.717) is 5.56 Å². The maximum absolute atomic E-state index is 14.1. The molecule has 0 amide bonds. The van der Waals surface area contributed by atoms with Crippen molar-refractivity contribution in [1.29, 1.82) is 0 Å². The van der Waals surface area contributed by atoms with E-state index >= 15 is 0 Å². The van der Waals surface area contributed by atoms with Crippen molar-refractivity contribution in [2.45, 2.75) is 12.1 Å². The zero-order valence-electron chi connectivity index (χ0n) is 9.36.